The number of nitrogens with one attached hydrogen (secondary N) is 2. The van der Waals surface area contributed by atoms with Gasteiger partial charge in [-0.25, -0.2) is 8.78 Å². The van der Waals surface area contributed by atoms with Crippen LogP contribution in [0.5, 0.6) is 0 Å². The zero-order valence-corrected chi connectivity index (χ0v) is 20.9. The number of hydrogen-bond donors (Lipinski definition) is 2. The van der Waals surface area contributed by atoms with Crippen LogP contribution in [0.2, 0.25) is 0 Å². The van der Waals surface area contributed by atoms with E-state index in [1.807, 2.05) is 0 Å². The summed E-state index contributed by atoms with van der Waals surface area (Å²) in [5, 5.41) is 9.67. The topological polar surface area (TPSA) is 113 Å². The second kappa shape index (κ2) is 11.8. The molecule has 0 unspecified atom stereocenters. The molecule has 5 rings (SSSR count). The normalized spacial score (nSPS) is 20.7. The predicted octanol–water partition coefficient (Wildman–Crippen LogP) is 3.48. The summed E-state index contributed by atoms with van der Waals surface area (Å²) in [6.45, 7) is 1.55. The van der Waals surface area contributed by atoms with Crippen LogP contribution in [0, 0.1) is 17.6 Å². The van der Waals surface area contributed by atoms with Crippen LogP contribution in [-0.4, -0.2) is 57.0 Å². The second-order valence-corrected chi connectivity index (χ2v) is 9.88. The summed E-state index contributed by atoms with van der Waals surface area (Å²) in [5.74, 6) is -2.69. The molecular weight excluding hydrogens is 494 g/mol. The van der Waals surface area contributed by atoms with Crippen molar-refractivity contribution in [2.24, 2.45) is 5.92 Å². The smallest absolute Gasteiger partial charge is 0.273 e. The number of carbonyl (C=O) groups excluding carboxylic acids is 2. The molecule has 1 saturated carbocycles. The van der Waals surface area contributed by atoms with Crippen LogP contribution in [0.1, 0.15) is 54.7 Å². The highest BCUT2D eigenvalue weighted by Crippen LogP contribution is 2.28. The van der Waals surface area contributed by atoms with Gasteiger partial charge in [-0.15, -0.1) is 0 Å². The molecule has 2 atom stereocenters. The number of aromatic nitrogens is 3. The molecule has 2 aliphatic rings. The van der Waals surface area contributed by atoms with Crippen LogP contribution in [0.25, 0.3) is 11.3 Å². The Balaban J connectivity index is 1.29. The monoisotopic (exact) mass is 524 g/mol. The molecule has 1 aromatic carbocycles. The molecule has 0 spiro atoms. The third kappa shape index (κ3) is 6.04. The minimum absolute atomic E-state index is 0.00000526. The summed E-state index contributed by atoms with van der Waals surface area (Å²) in [6.07, 6.45) is 11.2. The molecule has 0 radical (unpaired) electrons. The van der Waals surface area contributed by atoms with E-state index in [1.54, 1.807) is 18.6 Å². The van der Waals surface area contributed by atoms with E-state index in [0.29, 0.717) is 24.7 Å². The number of benzene rings is 1. The number of piperidine rings is 1. The van der Waals surface area contributed by atoms with Crippen LogP contribution in [0.4, 0.5) is 8.78 Å². The Kier molecular flexibility index (Phi) is 8.02. The SMILES string of the molecule is O=C(N[C@@H]1CCN(C2CCCCC2)C[C@H]1C(=O)NCc1cnccn1)c1cc(-c2ccc(F)cc2F)on1. The Labute approximate surface area is 219 Å². The standard InChI is InChI=1S/C27H30F2N6O3/c28-17-6-7-20(22(29)12-17)25-13-24(34-38-25)27(37)33-23-8-11-35(19-4-2-1-3-5-19)16-21(23)26(36)32-15-18-14-30-9-10-31-18/h6-7,9-10,12-14,19,21,23H,1-5,8,11,15-16H2,(H,32,36)(H,33,37)/t21-,23-/m1/s1. The molecule has 11 heteroatoms. The maximum Gasteiger partial charge on any atom is 0.273 e. The maximum atomic E-state index is 14.2. The quantitative estimate of drug-likeness (QED) is 0.487. The summed E-state index contributed by atoms with van der Waals surface area (Å²) >= 11 is 0. The van der Waals surface area contributed by atoms with Gasteiger partial charge in [-0.1, -0.05) is 24.4 Å². The number of hydrogen-bond acceptors (Lipinski definition) is 7. The molecule has 1 aliphatic carbocycles. The lowest BCUT2D eigenvalue weighted by atomic mass is 9.87. The van der Waals surface area contributed by atoms with E-state index in [0.717, 1.165) is 31.5 Å². The molecule has 2 fully saturated rings. The fourth-order valence-corrected chi connectivity index (χ4v) is 5.36. The average Bonchev–Trinajstić information content (AvgIpc) is 3.43. The molecule has 200 valence electrons. The molecule has 38 heavy (non-hydrogen) atoms. The van der Waals surface area contributed by atoms with Crippen LogP contribution in [0.3, 0.4) is 0 Å². The van der Waals surface area contributed by atoms with Gasteiger partial charge in [0.25, 0.3) is 5.91 Å². The summed E-state index contributed by atoms with van der Waals surface area (Å²) < 4.78 is 32.6. The molecule has 3 heterocycles. The highest BCUT2D eigenvalue weighted by molar-refractivity contribution is 5.94. The van der Waals surface area contributed by atoms with E-state index in [2.05, 4.69) is 30.7 Å². The number of nitrogens with zero attached hydrogens (tertiary/aromatic N) is 4. The second-order valence-electron chi connectivity index (χ2n) is 9.88. The van der Waals surface area contributed by atoms with Gasteiger partial charge in [-0.3, -0.25) is 24.5 Å². The lowest BCUT2D eigenvalue weighted by Gasteiger charge is -2.43. The first-order valence-electron chi connectivity index (χ1n) is 13.0. The van der Waals surface area contributed by atoms with E-state index < -0.39 is 29.5 Å². The first-order chi connectivity index (χ1) is 18.5. The third-order valence-corrected chi connectivity index (χ3v) is 7.39. The maximum absolute atomic E-state index is 14.2. The molecule has 2 amide bonds. The molecular formula is C27H30F2N6O3. The van der Waals surface area contributed by atoms with Crippen molar-refractivity contribution in [2.75, 3.05) is 13.1 Å². The van der Waals surface area contributed by atoms with Crippen molar-refractivity contribution in [3.05, 3.63) is 65.9 Å². The van der Waals surface area contributed by atoms with Crippen LogP contribution >= 0.6 is 0 Å². The first kappa shape index (κ1) is 25.9. The summed E-state index contributed by atoms with van der Waals surface area (Å²) in [5.41, 5.74) is 0.599. The van der Waals surface area contributed by atoms with Gasteiger partial charge in [-0.2, -0.15) is 0 Å². The minimum Gasteiger partial charge on any atom is -0.355 e. The van der Waals surface area contributed by atoms with Crippen LogP contribution < -0.4 is 10.6 Å². The predicted molar refractivity (Wildman–Crippen MR) is 134 cm³/mol. The van der Waals surface area contributed by atoms with Gasteiger partial charge in [0.05, 0.1) is 29.9 Å². The zero-order valence-electron chi connectivity index (χ0n) is 20.9. The number of likely N-dealkylation sites (tertiary alicyclic amines) is 1. The summed E-state index contributed by atoms with van der Waals surface area (Å²) in [4.78, 5) is 37.0. The van der Waals surface area contributed by atoms with Gasteiger partial charge in [-0.05, 0) is 31.4 Å². The van der Waals surface area contributed by atoms with Crippen molar-refractivity contribution in [3.63, 3.8) is 0 Å². The average molecular weight is 525 g/mol. The number of carbonyl (C=O) groups is 2. The largest absolute Gasteiger partial charge is 0.355 e. The van der Waals surface area contributed by atoms with E-state index in [4.69, 9.17) is 4.52 Å². The Morgan fingerprint density at radius 3 is 2.68 bits per heavy atom. The van der Waals surface area contributed by atoms with Gasteiger partial charge >= 0.3 is 0 Å². The highest BCUT2D eigenvalue weighted by Gasteiger charge is 2.38. The molecule has 9 nitrogen and oxygen atoms in total. The molecule has 0 bridgehead atoms. The zero-order chi connectivity index (χ0) is 26.5. The van der Waals surface area contributed by atoms with E-state index >= 15 is 0 Å². The van der Waals surface area contributed by atoms with Crippen molar-refractivity contribution >= 4 is 11.8 Å². The number of halogens is 2. The van der Waals surface area contributed by atoms with Crippen molar-refractivity contribution in [3.8, 4) is 11.3 Å². The fourth-order valence-electron chi connectivity index (χ4n) is 5.36. The van der Waals surface area contributed by atoms with Crippen LogP contribution in [-0.2, 0) is 11.3 Å². The van der Waals surface area contributed by atoms with Gasteiger partial charge in [0.1, 0.15) is 11.6 Å². The number of amides is 2. The van der Waals surface area contributed by atoms with Gasteiger partial charge in [0.15, 0.2) is 11.5 Å². The lowest BCUT2D eigenvalue weighted by molar-refractivity contribution is -0.128. The molecule has 3 aromatic rings. The number of rotatable bonds is 7. The molecule has 2 N–H and O–H groups in total. The van der Waals surface area contributed by atoms with E-state index in [1.165, 1.54) is 31.4 Å². The van der Waals surface area contributed by atoms with Crippen molar-refractivity contribution in [2.45, 2.75) is 57.2 Å². The molecule has 1 saturated heterocycles. The summed E-state index contributed by atoms with van der Waals surface area (Å²) in [6, 6.07) is 4.40. The third-order valence-electron chi connectivity index (χ3n) is 7.39. The fraction of sp³-hybridized carbons (Fsp3) is 0.444. The van der Waals surface area contributed by atoms with Gasteiger partial charge in [0, 0.05) is 49.7 Å². The van der Waals surface area contributed by atoms with Gasteiger partial charge < -0.3 is 15.2 Å². The van der Waals surface area contributed by atoms with Gasteiger partial charge in [0.2, 0.25) is 5.91 Å². The Hall–Kier alpha value is -3.73. The Bertz CT molecular complexity index is 1260. The Morgan fingerprint density at radius 1 is 1.08 bits per heavy atom. The first-order valence-corrected chi connectivity index (χ1v) is 13.0. The minimum atomic E-state index is -0.817. The van der Waals surface area contributed by atoms with E-state index in [9.17, 15) is 18.4 Å². The van der Waals surface area contributed by atoms with Crippen LogP contribution in [0.15, 0.2) is 47.4 Å². The Morgan fingerprint density at radius 2 is 1.92 bits per heavy atom. The summed E-state index contributed by atoms with van der Waals surface area (Å²) in [7, 11) is 0. The van der Waals surface area contributed by atoms with E-state index in [-0.39, 0.29) is 29.5 Å². The van der Waals surface area contributed by atoms with Crippen molar-refractivity contribution < 1.29 is 22.9 Å². The van der Waals surface area contributed by atoms with Crippen molar-refractivity contribution in [1.29, 1.82) is 0 Å². The molecule has 2 aromatic heterocycles. The highest BCUT2D eigenvalue weighted by atomic mass is 19.1. The molecule has 1 aliphatic heterocycles. The lowest BCUT2D eigenvalue weighted by Crippen LogP contribution is -2.57. The van der Waals surface area contributed by atoms with Crippen molar-refractivity contribution in [1.82, 2.24) is 30.7 Å².